The van der Waals surface area contributed by atoms with Crippen LogP contribution in [0.15, 0.2) is 42.6 Å². The molecule has 3 aliphatic rings. The van der Waals surface area contributed by atoms with E-state index in [1.54, 1.807) is 20.4 Å². The number of hydrogen-bond acceptors (Lipinski definition) is 6. The second kappa shape index (κ2) is 10.6. The summed E-state index contributed by atoms with van der Waals surface area (Å²) < 4.78 is 10.7. The Bertz CT molecular complexity index is 1080. The Labute approximate surface area is 213 Å². The molecule has 0 N–H and O–H groups in total. The van der Waals surface area contributed by atoms with E-state index >= 15 is 0 Å². The molecule has 3 amide bonds. The standard InChI is InChI=1S/C28H36N4O4/c1-35-17-5-14-32-27(34)31(20-23-6-3-4-13-29-23)26(33)28(32)11-15-30(16-12-28)24-9-7-21-8-10-25(36-2)19-22(21)18-24/h3-4,6,8,10,13,19,24H,5,7,9,11-12,14-18,20H2,1-2H3. The monoisotopic (exact) mass is 492 g/mol. The van der Waals surface area contributed by atoms with E-state index in [1.807, 2.05) is 29.2 Å². The molecule has 3 heterocycles. The molecule has 2 aliphatic heterocycles. The summed E-state index contributed by atoms with van der Waals surface area (Å²) >= 11 is 0. The number of carbonyl (C=O) groups excluding carboxylic acids is 2. The number of pyridine rings is 1. The first-order valence-corrected chi connectivity index (χ1v) is 13.0. The molecule has 1 unspecified atom stereocenters. The summed E-state index contributed by atoms with van der Waals surface area (Å²) in [6.07, 6.45) is 6.89. The fourth-order valence-electron chi connectivity index (χ4n) is 6.15. The van der Waals surface area contributed by atoms with Gasteiger partial charge >= 0.3 is 6.03 Å². The molecule has 1 aliphatic carbocycles. The zero-order chi connectivity index (χ0) is 25.1. The maximum absolute atomic E-state index is 13.8. The van der Waals surface area contributed by atoms with Crippen molar-refractivity contribution in [3.63, 3.8) is 0 Å². The number of aromatic nitrogens is 1. The predicted molar refractivity (Wildman–Crippen MR) is 136 cm³/mol. The van der Waals surface area contributed by atoms with Crippen LogP contribution in [0.4, 0.5) is 4.79 Å². The molecule has 0 radical (unpaired) electrons. The maximum Gasteiger partial charge on any atom is 0.328 e. The summed E-state index contributed by atoms with van der Waals surface area (Å²) in [7, 11) is 3.37. The molecule has 8 heteroatoms. The Morgan fingerprint density at radius 3 is 2.64 bits per heavy atom. The van der Waals surface area contributed by atoms with Crippen molar-refractivity contribution in [3.05, 3.63) is 59.4 Å². The van der Waals surface area contributed by atoms with Gasteiger partial charge < -0.3 is 14.4 Å². The highest BCUT2D eigenvalue weighted by Gasteiger charge is 2.58. The van der Waals surface area contributed by atoms with Gasteiger partial charge in [-0.1, -0.05) is 12.1 Å². The summed E-state index contributed by atoms with van der Waals surface area (Å²) in [6.45, 7) is 2.91. The summed E-state index contributed by atoms with van der Waals surface area (Å²) in [6, 6.07) is 12.2. The quantitative estimate of drug-likeness (QED) is 0.416. The number of carbonyl (C=O) groups is 2. The van der Waals surface area contributed by atoms with Crippen molar-refractivity contribution in [3.8, 4) is 5.75 Å². The largest absolute Gasteiger partial charge is 0.497 e. The van der Waals surface area contributed by atoms with Crippen molar-refractivity contribution < 1.29 is 19.1 Å². The van der Waals surface area contributed by atoms with Gasteiger partial charge in [-0.2, -0.15) is 0 Å². The number of fused-ring (bicyclic) bond motifs is 1. The fourth-order valence-corrected chi connectivity index (χ4v) is 6.15. The highest BCUT2D eigenvalue weighted by atomic mass is 16.5. The normalized spacial score (nSPS) is 21.8. The Morgan fingerprint density at radius 1 is 1.08 bits per heavy atom. The predicted octanol–water partition coefficient (Wildman–Crippen LogP) is 3.28. The molecule has 1 aromatic carbocycles. The van der Waals surface area contributed by atoms with Crippen molar-refractivity contribution >= 4 is 11.9 Å². The second-order valence-corrected chi connectivity index (χ2v) is 10.1. The topological polar surface area (TPSA) is 75.2 Å². The number of rotatable bonds is 8. The van der Waals surface area contributed by atoms with Gasteiger partial charge in [-0.25, -0.2) is 4.79 Å². The molecule has 2 fully saturated rings. The first kappa shape index (κ1) is 24.7. The lowest BCUT2D eigenvalue weighted by molar-refractivity contribution is -0.136. The van der Waals surface area contributed by atoms with Crippen molar-refractivity contribution in [1.29, 1.82) is 0 Å². The smallest absolute Gasteiger partial charge is 0.328 e. The summed E-state index contributed by atoms with van der Waals surface area (Å²) in [4.78, 5) is 37.5. The Hall–Kier alpha value is -2.97. The van der Waals surface area contributed by atoms with Crippen LogP contribution < -0.4 is 4.74 Å². The number of methoxy groups -OCH3 is 2. The number of aryl methyl sites for hydroxylation is 1. The van der Waals surface area contributed by atoms with Crippen molar-refractivity contribution in [2.75, 3.05) is 40.5 Å². The number of benzene rings is 1. The number of likely N-dealkylation sites (tertiary alicyclic amines) is 1. The number of amides is 3. The third-order valence-corrected chi connectivity index (χ3v) is 8.16. The van der Waals surface area contributed by atoms with Gasteiger partial charge in [0.2, 0.25) is 0 Å². The van der Waals surface area contributed by atoms with E-state index in [1.165, 1.54) is 16.0 Å². The van der Waals surface area contributed by atoms with Crippen molar-refractivity contribution in [1.82, 2.24) is 19.7 Å². The SMILES string of the molecule is COCCCN1C(=O)N(Cc2ccccn2)C(=O)C12CCN(C1CCc3ccc(OC)cc3C1)CC2. The van der Waals surface area contributed by atoms with E-state index in [-0.39, 0.29) is 18.5 Å². The number of nitrogens with zero attached hydrogens (tertiary/aromatic N) is 4. The Kier molecular flexibility index (Phi) is 7.25. The van der Waals surface area contributed by atoms with Crippen LogP contribution in [0.1, 0.15) is 42.5 Å². The number of ether oxygens (including phenoxy) is 2. The third kappa shape index (κ3) is 4.60. The van der Waals surface area contributed by atoms with Crippen LogP contribution in [-0.2, 0) is 28.9 Å². The van der Waals surface area contributed by atoms with Gasteiger partial charge in [0, 0.05) is 45.6 Å². The molecule has 1 spiro atoms. The van der Waals surface area contributed by atoms with Crippen LogP contribution in [0.2, 0.25) is 0 Å². The van der Waals surface area contributed by atoms with Crippen LogP contribution in [0.5, 0.6) is 5.75 Å². The molecule has 0 bridgehead atoms. The zero-order valence-corrected chi connectivity index (χ0v) is 21.3. The third-order valence-electron chi connectivity index (χ3n) is 8.16. The first-order valence-electron chi connectivity index (χ1n) is 13.0. The Morgan fingerprint density at radius 2 is 1.92 bits per heavy atom. The molecular formula is C28H36N4O4. The minimum absolute atomic E-state index is 0.0750. The van der Waals surface area contributed by atoms with Gasteiger partial charge in [0.25, 0.3) is 5.91 Å². The highest BCUT2D eigenvalue weighted by Crippen LogP contribution is 2.39. The van der Waals surface area contributed by atoms with Gasteiger partial charge in [0.05, 0.1) is 19.3 Å². The van der Waals surface area contributed by atoms with Gasteiger partial charge in [0.1, 0.15) is 11.3 Å². The number of urea groups is 1. The van der Waals surface area contributed by atoms with E-state index in [2.05, 4.69) is 22.0 Å². The molecule has 0 saturated carbocycles. The molecule has 192 valence electrons. The lowest BCUT2D eigenvalue weighted by atomic mass is 9.82. The minimum Gasteiger partial charge on any atom is -0.497 e. The van der Waals surface area contributed by atoms with Crippen molar-refractivity contribution in [2.24, 2.45) is 0 Å². The summed E-state index contributed by atoms with van der Waals surface area (Å²) in [5.74, 6) is 0.829. The van der Waals surface area contributed by atoms with E-state index < -0.39 is 5.54 Å². The molecule has 1 atom stereocenters. The second-order valence-electron chi connectivity index (χ2n) is 10.1. The lowest BCUT2D eigenvalue weighted by Gasteiger charge is -2.45. The number of piperidine rings is 1. The van der Waals surface area contributed by atoms with Gasteiger partial charge in [-0.05, 0) is 73.9 Å². The van der Waals surface area contributed by atoms with E-state index in [4.69, 9.17) is 9.47 Å². The molecule has 8 nitrogen and oxygen atoms in total. The van der Waals surface area contributed by atoms with Crippen molar-refractivity contribution in [2.45, 2.75) is 56.7 Å². The maximum atomic E-state index is 13.8. The van der Waals surface area contributed by atoms with E-state index in [9.17, 15) is 9.59 Å². The minimum atomic E-state index is -0.772. The molecule has 36 heavy (non-hydrogen) atoms. The van der Waals surface area contributed by atoms with Gasteiger partial charge in [-0.3, -0.25) is 19.6 Å². The Balaban J connectivity index is 1.31. The fraction of sp³-hybridized carbons (Fsp3) is 0.536. The highest BCUT2D eigenvalue weighted by molar-refractivity contribution is 6.07. The summed E-state index contributed by atoms with van der Waals surface area (Å²) in [5.41, 5.74) is 2.72. The summed E-state index contributed by atoms with van der Waals surface area (Å²) in [5, 5.41) is 0. The zero-order valence-electron chi connectivity index (χ0n) is 21.3. The number of imide groups is 1. The van der Waals surface area contributed by atoms with Crippen LogP contribution in [0, 0.1) is 0 Å². The molecule has 1 aromatic heterocycles. The molecule has 5 rings (SSSR count). The molecular weight excluding hydrogens is 456 g/mol. The average molecular weight is 493 g/mol. The van der Waals surface area contributed by atoms with Crippen LogP contribution >= 0.6 is 0 Å². The average Bonchev–Trinajstić information content (AvgIpc) is 3.10. The van der Waals surface area contributed by atoms with E-state index in [0.29, 0.717) is 38.5 Å². The van der Waals surface area contributed by atoms with E-state index in [0.717, 1.165) is 43.8 Å². The molecule has 2 saturated heterocycles. The van der Waals surface area contributed by atoms with Gasteiger partial charge in [-0.15, -0.1) is 0 Å². The van der Waals surface area contributed by atoms with Crippen LogP contribution in [0.3, 0.4) is 0 Å². The van der Waals surface area contributed by atoms with Gasteiger partial charge in [0.15, 0.2) is 0 Å². The first-order chi connectivity index (χ1) is 17.6. The van der Waals surface area contributed by atoms with Crippen LogP contribution in [-0.4, -0.2) is 83.7 Å². The van der Waals surface area contributed by atoms with Crippen LogP contribution in [0.25, 0.3) is 0 Å². The lowest BCUT2D eigenvalue weighted by Crippen LogP contribution is -2.58. The number of hydrogen-bond donors (Lipinski definition) is 0. The molecule has 2 aromatic rings.